The average molecular weight is 417 g/mol. The van der Waals surface area contributed by atoms with Crippen LogP contribution < -0.4 is 4.31 Å². The molecule has 6 heteroatoms. The molecule has 1 aliphatic carbocycles. The average Bonchev–Trinajstić information content (AvgIpc) is 2.76. The highest BCUT2D eigenvalue weighted by Gasteiger charge is 2.38. The molecule has 2 aliphatic rings. The molecule has 0 spiro atoms. The van der Waals surface area contributed by atoms with Gasteiger partial charge in [-0.05, 0) is 43.0 Å². The number of rotatable bonds is 2. The van der Waals surface area contributed by atoms with Gasteiger partial charge in [-0.1, -0.05) is 48.5 Å². The van der Waals surface area contributed by atoms with Crippen LogP contribution in [0.25, 0.3) is 0 Å². The van der Waals surface area contributed by atoms with Gasteiger partial charge in [0, 0.05) is 23.2 Å². The maximum Gasteiger partial charge on any atom is 0.265 e. The lowest BCUT2D eigenvalue weighted by atomic mass is 9.84. The zero-order valence-electron chi connectivity index (χ0n) is 16.4. The van der Waals surface area contributed by atoms with Crippen molar-refractivity contribution in [2.24, 2.45) is 0 Å². The number of carbonyl (C=O) groups is 2. The van der Waals surface area contributed by atoms with Crippen LogP contribution in [0.4, 0.5) is 5.69 Å². The molecule has 0 bridgehead atoms. The van der Waals surface area contributed by atoms with Crippen LogP contribution in [0.3, 0.4) is 0 Å². The van der Waals surface area contributed by atoms with Gasteiger partial charge in [-0.2, -0.15) is 0 Å². The van der Waals surface area contributed by atoms with Crippen LogP contribution >= 0.6 is 0 Å². The van der Waals surface area contributed by atoms with Gasteiger partial charge in [0.1, 0.15) is 0 Å². The van der Waals surface area contributed by atoms with Gasteiger partial charge in [0.25, 0.3) is 10.0 Å². The Labute approximate surface area is 175 Å². The molecule has 1 heterocycles. The van der Waals surface area contributed by atoms with Gasteiger partial charge in [-0.3, -0.25) is 13.9 Å². The normalized spacial score (nSPS) is 15.4. The lowest BCUT2D eigenvalue weighted by Crippen LogP contribution is -2.37. The molecular formula is C24H19NO4S. The van der Waals surface area contributed by atoms with Crippen LogP contribution in [0.15, 0.2) is 65.6 Å². The number of hydrogen-bond acceptors (Lipinski definition) is 4. The Bertz CT molecular complexity index is 1340. The highest BCUT2D eigenvalue weighted by atomic mass is 32.2. The van der Waals surface area contributed by atoms with Crippen LogP contribution in [0.1, 0.15) is 49.4 Å². The highest BCUT2D eigenvalue weighted by Crippen LogP contribution is 2.37. The molecule has 0 amide bonds. The summed E-state index contributed by atoms with van der Waals surface area (Å²) in [6.45, 7) is 2.25. The first-order chi connectivity index (χ1) is 14.4. The molecule has 0 fully saturated rings. The van der Waals surface area contributed by atoms with Crippen LogP contribution in [-0.2, 0) is 16.4 Å². The third-order valence-corrected chi connectivity index (χ3v) is 7.65. The maximum absolute atomic E-state index is 13.8. The molecule has 0 unspecified atom stereocenters. The van der Waals surface area contributed by atoms with Crippen molar-refractivity contribution >= 4 is 27.3 Å². The van der Waals surface area contributed by atoms with Crippen molar-refractivity contribution in [1.82, 2.24) is 0 Å². The first-order valence-corrected chi connectivity index (χ1v) is 11.3. The number of anilines is 1. The van der Waals surface area contributed by atoms with Crippen LogP contribution in [0.5, 0.6) is 0 Å². The molecule has 0 saturated heterocycles. The summed E-state index contributed by atoms with van der Waals surface area (Å²) in [5, 5.41) is 0. The summed E-state index contributed by atoms with van der Waals surface area (Å²) in [7, 11) is -4.03. The number of nitrogens with zero attached hydrogens (tertiary/aromatic N) is 1. The van der Waals surface area contributed by atoms with Crippen molar-refractivity contribution < 1.29 is 18.0 Å². The van der Waals surface area contributed by atoms with E-state index in [0.29, 0.717) is 24.2 Å². The van der Waals surface area contributed by atoms with Crippen molar-refractivity contribution in [2.45, 2.75) is 24.7 Å². The molecule has 0 atom stereocenters. The summed E-state index contributed by atoms with van der Waals surface area (Å²) in [6, 6.07) is 16.8. The monoisotopic (exact) mass is 417 g/mol. The molecule has 5 nitrogen and oxygen atoms in total. The number of ketones is 2. The van der Waals surface area contributed by atoms with Crippen molar-refractivity contribution in [3.63, 3.8) is 0 Å². The molecule has 0 N–H and O–H groups in total. The first kappa shape index (κ1) is 18.8. The standard InChI is InChI=1S/C24H19NO4S/c1-15-11-12-16-6-5-13-25(20(16)14-15)30(28,29)21-10-4-9-19-22(21)24(27)18-8-3-2-7-17(18)23(19)26/h2-4,7-12,14H,5-6,13H2,1H3. The van der Waals surface area contributed by atoms with Gasteiger partial charge in [0.05, 0.1) is 16.1 Å². The molecule has 0 saturated carbocycles. The lowest BCUT2D eigenvalue weighted by molar-refractivity contribution is 0.0976. The molecule has 0 radical (unpaired) electrons. The Morgan fingerprint density at radius 1 is 0.833 bits per heavy atom. The number of sulfonamides is 1. The Kier molecular flexibility index (Phi) is 4.15. The fraction of sp³-hybridized carbons (Fsp3) is 0.167. The summed E-state index contributed by atoms with van der Waals surface area (Å²) >= 11 is 0. The van der Waals surface area contributed by atoms with Crippen LogP contribution in [0, 0.1) is 6.92 Å². The predicted molar refractivity (Wildman–Crippen MR) is 114 cm³/mol. The second-order valence-electron chi connectivity index (χ2n) is 7.70. The minimum Gasteiger partial charge on any atom is -0.289 e. The molecule has 30 heavy (non-hydrogen) atoms. The van der Waals surface area contributed by atoms with E-state index in [0.717, 1.165) is 17.5 Å². The third-order valence-electron chi connectivity index (χ3n) is 5.80. The third kappa shape index (κ3) is 2.64. The molecule has 3 aromatic rings. The number of fused-ring (bicyclic) bond motifs is 3. The van der Waals surface area contributed by atoms with E-state index in [1.54, 1.807) is 24.3 Å². The van der Waals surface area contributed by atoms with E-state index in [1.807, 2.05) is 25.1 Å². The van der Waals surface area contributed by atoms with E-state index in [2.05, 4.69) is 0 Å². The zero-order chi connectivity index (χ0) is 21.0. The van der Waals surface area contributed by atoms with Gasteiger partial charge in [0.2, 0.25) is 0 Å². The summed E-state index contributed by atoms with van der Waals surface area (Å²) in [6.07, 6.45) is 1.50. The fourth-order valence-corrected chi connectivity index (χ4v) is 6.09. The van der Waals surface area contributed by atoms with E-state index in [-0.39, 0.29) is 27.4 Å². The largest absolute Gasteiger partial charge is 0.289 e. The van der Waals surface area contributed by atoms with Crippen molar-refractivity contribution in [3.8, 4) is 0 Å². The van der Waals surface area contributed by atoms with Crippen LogP contribution in [0.2, 0.25) is 0 Å². The van der Waals surface area contributed by atoms with E-state index >= 15 is 0 Å². The molecule has 150 valence electrons. The van der Waals surface area contributed by atoms with Crippen molar-refractivity contribution in [2.75, 3.05) is 10.8 Å². The van der Waals surface area contributed by atoms with E-state index < -0.39 is 15.8 Å². The van der Waals surface area contributed by atoms with Gasteiger partial charge in [-0.15, -0.1) is 0 Å². The molecular weight excluding hydrogens is 398 g/mol. The van der Waals surface area contributed by atoms with Crippen molar-refractivity contribution in [3.05, 3.63) is 94.0 Å². The van der Waals surface area contributed by atoms with Crippen molar-refractivity contribution in [1.29, 1.82) is 0 Å². The van der Waals surface area contributed by atoms with E-state index in [9.17, 15) is 18.0 Å². The number of carbonyl (C=O) groups excluding carboxylic acids is 2. The first-order valence-electron chi connectivity index (χ1n) is 9.83. The number of aryl methyl sites for hydroxylation is 2. The van der Waals surface area contributed by atoms with Crippen LogP contribution in [-0.4, -0.2) is 26.5 Å². The molecule has 3 aromatic carbocycles. The second kappa shape index (κ2) is 6.64. The lowest BCUT2D eigenvalue weighted by Gasteiger charge is -2.32. The fourth-order valence-electron chi connectivity index (χ4n) is 4.35. The van der Waals surface area contributed by atoms with Gasteiger partial charge < -0.3 is 0 Å². The Hall–Kier alpha value is -3.25. The van der Waals surface area contributed by atoms with Gasteiger partial charge in [0.15, 0.2) is 11.6 Å². The van der Waals surface area contributed by atoms with Gasteiger partial charge >= 0.3 is 0 Å². The zero-order valence-corrected chi connectivity index (χ0v) is 17.2. The molecule has 5 rings (SSSR count). The minimum atomic E-state index is -4.03. The summed E-state index contributed by atoms with van der Waals surface area (Å²) < 4.78 is 28.9. The second-order valence-corrected chi connectivity index (χ2v) is 9.53. The Morgan fingerprint density at radius 3 is 2.30 bits per heavy atom. The van der Waals surface area contributed by atoms with E-state index in [4.69, 9.17) is 0 Å². The SMILES string of the molecule is Cc1ccc2c(c1)N(S(=O)(=O)c1cccc3c1C(=O)c1ccccc1C3=O)CCC2. The molecule has 0 aromatic heterocycles. The highest BCUT2D eigenvalue weighted by molar-refractivity contribution is 7.93. The maximum atomic E-state index is 13.8. The summed E-state index contributed by atoms with van der Waals surface area (Å²) in [4.78, 5) is 26.2. The predicted octanol–water partition coefficient (Wildman–Crippen LogP) is 3.91. The Balaban J connectivity index is 1.72. The Morgan fingerprint density at radius 2 is 1.53 bits per heavy atom. The van der Waals surface area contributed by atoms with Gasteiger partial charge in [-0.25, -0.2) is 8.42 Å². The smallest absolute Gasteiger partial charge is 0.265 e. The van der Waals surface area contributed by atoms with E-state index in [1.165, 1.54) is 22.5 Å². The molecule has 1 aliphatic heterocycles. The number of hydrogen-bond donors (Lipinski definition) is 0. The summed E-state index contributed by atoms with van der Waals surface area (Å²) in [5.41, 5.74) is 3.24. The minimum absolute atomic E-state index is 0.0269. The topological polar surface area (TPSA) is 71.5 Å². The quantitative estimate of drug-likeness (QED) is 0.496. The number of benzene rings is 3. The summed E-state index contributed by atoms with van der Waals surface area (Å²) in [5.74, 6) is -0.756.